The van der Waals surface area contributed by atoms with Crippen LogP contribution in [0, 0.1) is 0 Å². The van der Waals surface area contributed by atoms with Gasteiger partial charge in [-0.25, -0.2) is 19.2 Å². The molecule has 1 aromatic carbocycles. The van der Waals surface area contributed by atoms with E-state index in [1.807, 2.05) is 0 Å². The Morgan fingerprint density at radius 1 is 0.625 bits per heavy atom. The Kier molecular flexibility index (Phi) is 1.40. The second kappa shape index (κ2) is 2.54. The zero-order chi connectivity index (χ0) is 11.4. The van der Waals surface area contributed by atoms with Crippen LogP contribution in [0.4, 0.5) is 0 Å². The number of hydrogen-bond donors (Lipinski definition) is 0. The molecule has 6 heteroatoms. The van der Waals surface area contributed by atoms with Crippen LogP contribution >= 0.6 is 0 Å². The molecule has 0 unspecified atom stereocenters. The lowest BCUT2D eigenvalue weighted by Gasteiger charge is -1.84. The van der Waals surface area contributed by atoms with Gasteiger partial charge in [-0.3, -0.25) is 0 Å². The van der Waals surface area contributed by atoms with Crippen molar-refractivity contribution in [2.45, 2.75) is 0 Å². The number of fused-ring (bicyclic) bond motifs is 3. The monoisotopic (exact) mass is 218 g/mol. The molecule has 2 heterocycles. The molecule has 0 aliphatic carbocycles. The molecule has 0 amide bonds. The summed E-state index contributed by atoms with van der Waals surface area (Å²) in [5, 5.41) is -0.400. The first-order chi connectivity index (χ1) is 7.59. The van der Waals surface area contributed by atoms with Crippen molar-refractivity contribution in [1.82, 2.24) is 0 Å². The van der Waals surface area contributed by atoms with E-state index in [0.717, 1.165) is 0 Å². The minimum atomic E-state index is -0.927. The first-order valence-electron chi connectivity index (χ1n) is 4.29. The smallest absolute Gasteiger partial charge is 0.347 e. The number of rotatable bonds is 0. The third-order valence-electron chi connectivity index (χ3n) is 2.42. The fraction of sp³-hybridized carbons (Fsp3) is 0. The molecule has 0 aliphatic heterocycles. The summed E-state index contributed by atoms with van der Waals surface area (Å²) in [4.78, 5) is 45.0. The molecule has 0 radical (unpaired) electrons. The molecule has 0 aliphatic rings. The van der Waals surface area contributed by atoms with Crippen molar-refractivity contribution in [3.8, 4) is 0 Å². The van der Waals surface area contributed by atoms with Gasteiger partial charge in [-0.15, -0.1) is 0 Å². The van der Waals surface area contributed by atoms with E-state index in [1.54, 1.807) is 0 Å². The van der Waals surface area contributed by atoms with E-state index >= 15 is 0 Å². The van der Waals surface area contributed by atoms with Crippen molar-refractivity contribution in [2.75, 3.05) is 0 Å². The van der Waals surface area contributed by atoms with Crippen LogP contribution < -0.4 is 22.5 Å². The van der Waals surface area contributed by atoms with Crippen LogP contribution in [0.3, 0.4) is 0 Å². The van der Waals surface area contributed by atoms with E-state index in [1.165, 1.54) is 12.1 Å². The molecule has 0 bridgehead atoms. The number of hydrogen-bond acceptors (Lipinski definition) is 6. The fourth-order valence-corrected chi connectivity index (χ4v) is 1.75. The Morgan fingerprint density at radius 3 is 1.38 bits per heavy atom. The lowest BCUT2D eigenvalue weighted by Crippen LogP contribution is -1.98. The number of furan rings is 2. The van der Waals surface area contributed by atoms with Crippen molar-refractivity contribution < 1.29 is 8.83 Å². The second-order valence-corrected chi connectivity index (χ2v) is 3.26. The molecule has 16 heavy (non-hydrogen) atoms. The molecule has 0 spiro atoms. The van der Waals surface area contributed by atoms with E-state index in [4.69, 9.17) is 0 Å². The second-order valence-electron chi connectivity index (χ2n) is 3.26. The molecular formula is C10H2O6. The van der Waals surface area contributed by atoms with E-state index in [9.17, 15) is 19.2 Å². The Balaban J connectivity index is 2.92. The molecule has 0 atom stereocenters. The molecule has 78 valence electrons. The van der Waals surface area contributed by atoms with Gasteiger partial charge in [0, 0.05) is 0 Å². The molecule has 6 nitrogen and oxygen atoms in total. The fourth-order valence-electron chi connectivity index (χ4n) is 1.75. The van der Waals surface area contributed by atoms with E-state index in [-0.39, 0.29) is 21.5 Å². The first kappa shape index (κ1) is 8.78. The maximum Gasteiger partial charge on any atom is 0.347 e. The summed E-state index contributed by atoms with van der Waals surface area (Å²) in [6, 6.07) is 2.53. The molecule has 2 aromatic heterocycles. The van der Waals surface area contributed by atoms with Gasteiger partial charge in [-0.2, -0.15) is 0 Å². The van der Waals surface area contributed by atoms with Gasteiger partial charge >= 0.3 is 22.5 Å². The van der Waals surface area contributed by atoms with Gasteiger partial charge in [0.1, 0.15) is 0 Å². The van der Waals surface area contributed by atoms with Gasteiger partial charge in [0.15, 0.2) is 0 Å². The Bertz CT molecular complexity index is 839. The van der Waals surface area contributed by atoms with E-state index < -0.39 is 22.5 Å². The van der Waals surface area contributed by atoms with Crippen molar-refractivity contribution in [3.05, 3.63) is 53.8 Å². The van der Waals surface area contributed by atoms with Crippen LogP contribution in [0.2, 0.25) is 0 Å². The van der Waals surface area contributed by atoms with Crippen molar-refractivity contribution in [3.63, 3.8) is 0 Å². The van der Waals surface area contributed by atoms with Gasteiger partial charge < -0.3 is 8.83 Å². The predicted molar refractivity (Wildman–Crippen MR) is 53.4 cm³/mol. The maximum atomic E-state index is 11.3. The summed E-state index contributed by atoms with van der Waals surface area (Å²) in [5.74, 6) is 0. The predicted octanol–water partition coefficient (Wildman–Crippen LogP) is -0.505. The summed E-state index contributed by atoms with van der Waals surface area (Å²) in [6.45, 7) is 0. The molecule has 0 saturated heterocycles. The highest BCUT2D eigenvalue weighted by atomic mass is 16.4. The molecule has 3 rings (SSSR count). The van der Waals surface area contributed by atoms with E-state index in [2.05, 4.69) is 8.83 Å². The first-order valence-corrected chi connectivity index (χ1v) is 4.29. The summed E-state index contributed by atoms with van der Waals surface area (Å²) >= 11 is 0. The molecule has 0 fully saturated rings. The van der Waals surface area contributed by atoms with Gasteiger partial charge in [0.2, 0.25) is 0 Å². The van der Waals surface area contributed by atoms with Gasteiger partial charge in [-0.1, -0.05) is 0 Å². The van der Waals surface area contributed by atoms with Crippen LogP contribution in [-0.4, -0.2) is 0 Å². The summed E-state index contributed by atoms with van der Waals surface area (Å²) in [6.07, 6.45) is 0. The Hall–Kier alpha value is -2.50. The van der Waals surface area contributed by atoms with Crippen molar-refractivity contribution in [1.29, 1.82) is 0 Å². The minimum absolute atomic E-state index is 0.0181. The van der Waals surface area contributed by atoms with E-state index in [0.29, 0.717) is 0 Å². The quantitative estimate of drug-likeness (QED) is 0.504. The van der Waals surface area contributed by atoms with Gasteiger partial charge in [0.25, 0.3) is 0 Å². The van der Waals surface area contributed by atoms with Crippen molar-refractivity contribution >= 4 is 21.5 Å². The van der Waals surface area contributed by atoms with Crippen molar-refractivity contribution in [2.24, 2.45) is 0 Å². The highest BCUT2D eigenvalue weighted by Crippen LogP contribution is 2.15. The maximum absolute atomic E-state index is 11.3. The molecule has 3 aromatic rings. The van der Waals surface area contributed by atoms with Crippen LogP contribution in [0.5, 0.6) is 0 Å². The topological polar surface area (TPSA) is 94.6 Å². The minimum Gasteiger partial charge on any atom is -0.386 e. The highest BCUT2D eigenvalue weighted by molar-refractivity contribution is 6.05. The van der Waals surface area contributed by atoms with Crippen LogP contribution in [-0.2, 0) is 0 Å². The average Bonchev–Trinajstić information content (AvgIpc) is 2.67. The highest BCUT2D eigenvalue weighted by Gasteiger charge is 2.18. The standard InChI is InChI=1S/C10H2O6/c11-7-3-1-2-4-6(5(3)9(13)15-7)10(14)16-8(4)12/h1-2H. The SMILES string of the molecule is O=c1oc(=O)c2c1ccc1c(=O)oc(=O)c12. The van der Waals surface area contributed by atoms with Crippen LogP contribution in [0.25, 0.3) is 21.5 Å². The summed E-state index contributed by atoms with van der Waals surface area (Å²) in [5.41, 5.74) is -3.50. The molecule has 0 N–H and O–H groups in total. The third kappa shape index (κ3) is 0.855. The lowest BCUT2D eigenvalue weighted by molar-refractivity contribution is 0.497. The average molecular weight is 218 g/mol. The van der Waals surface area contributed by atoms with Gasteiger partial charge in [0.05, 0.1) is 21.5 Å². The Morgan fingerprint density at radius 2 is 1.00 bits per heavy atom. The normalized spacial score (nSPS) is 11.5. The zero-order valence-electron chi connectivity index (χ0n) is 7.60. The summed E-state index contributed by atoms with van der Waals surface area (Å²) in [7, 11) is 0. The Labute approximate surface area is 85.0 Å². The molecule has 0 saturated carbocycles. The summed E-state index contributed by atoms with van der Waals surface area (Å²) < 4.78 is 8.69. The lowest BCUT2D eigenvalue weighted by atomic mass is 10.1. The number of benzene rings is 1. The third-order valence-corrected chi connectivity index (χ3v) is 2.42. The largest absolute Gasteiger partial charge is 0.386 e. The zero-order valence-corrected chi connectivity index (χ0v) is 7.60. The van der Waals surface area contributed by atoms with Crippen LogP contribution in [0.1, 0.15) is 0 Å². The van der Waals surface area contributed by atoms with Crippen LogP contribution in [0.15, 0.2) is 40.1 Å². The van der Waals surface area contributed by atoms with Gasteiger partial charge in [-0.05, 0) is 12.1 Å². The molecular weight excluding hydrogens is 216 g/mol.